The molecule has 0 aliphatic rings. The largest absolute Gasteiger partial charge is 0.490 e. The maximum atomic E-state index is 10.6. The number of aliphatic carboxylic acids is 1. The molecular weight excluding hydrogens is 288 g/mol. The number of halogens is 5. The van der Waals surface area contributed by atoms with Crippen molar-refractivity contribution >= 4 is 33.5 Å². The standard InChI is InChI=1S/C5H10BrCl.C2HF3O2/c6-4-2-1-3-5-7;3-2(4,5)1(6)7/h1-5H2;(H,6,7). The van der Waals surface area contributed by atoms with Crippen molar-refractivity contribution in [2.24, 2.45) is 0 Å². The van der Waals surface area contributed by atoms with E-state index in [2.05, 4.69) is 15.9 Å². The average molecular weight is 300 g/mol. The van der Waals surface area contributed by atoms with Gasteiger partial charge in [0.15, 0.2) is 0 Å². The molecule has 2 nitrogen and oxygen atoms in total. The van der Waals surface area contributed by atoms with Crippen LogP contribution in [0.5, 0.6) is 0 Å². The summed E-state index contributed by atoms with van der Waals surface area (Å²) in [5, 5.41) is 8.24. The molecule has 0 aliphatic heterocycles. The first-order valence-corrected chi connectivity index (χ1v) is 5.44. The summed E-state index contributed by atoms with van der Waals surface area (Å²) in [7, 11) is 0. The molecule has 0 heterocycles. The van der Waals surface area contributed by atoms with Crippen LogP contribution in [0, 0.1) is 0 Å². The monoisotopic (exact) mass is 298 g/mol. The molecule has 0 spiro atoms. The van der Waals surface area contributed by atoms with Crippen molar-refractivity contribution in [2.75, 3.05) is 11.2 Å². The minimum atomic E-state index is -5.08. The van der Waals surface area contributed by atoms with Gasteiger partial charge in [0.25, 0.3) is 0 Å². The Morgan fingerprint density at radius 1 is 1.29 bits per heavy atom. The molecule has 14 heavy (non-hydrogen) atoms. The smallest absolute Gasteiger partial charge is 0.475 e. The third-order valence-corrected chi connectivity index (χ3v) is 1.84. The quantitative estimate of drug-likeness (QED) is 0.638. The predicted octanol–water partition coefficient (Wildman–Crippen LogP) is 3.42. The first kappa shape index (κ1) is 16.5. The second-order valence-corrected chi connectivity index (χ2v) is 3.41. The van der Waals surface area contributed by atoms with E-state index in [4.69, 9.17) is 21.5 Å². The Kier molecular flexibility index (Phi) is 11.3. The van der Waals surface area contributed by atoms with Crippen LogP contribution in [0.1, 0.15) is 19.3 Å². The molecule has 0 rings (SSSR count). The summed E-state index contributed by atoms with van der Waals surface area (Å²) >= 11 is 8.76. The van der Waals surface area contributed by atoms with Crippen molar-refractivity contribution in [2.45, 2.75) is 25.4 Å². The molecule has 0 amide bonds. The number of alkyl halides is 5. The Bertz CT molecular complexity index is 148. The summed E-state index contributed by atoms with van der Waals surface area (Å²) in [5.41, 5.74) is 0. The lowest BCUT2D eigenvalue weighted by molar-refractivity contribution is -0.192. The van der Waals surface area contributed by atoms with Crippen molar-refractivity contribution in [1.29, 1.82) is 0 Å². The van der Waals surface area contributed by atoms with E-state index in [1.54, 1.807) is 0 Å². The van der Waals surface area contributed by atoms with Gasteiger partial charge >= 0.3 is 12.1 Å². The number of carboxylic acid groups (broad SMARTS) is 1. The SMILES string of the molecule is ClCCCCCBr.O=C(O)C(F)(F)F. The molecule has 0 fully saturated rings. The topological polar surface area (TPSA) is 37.3 Å². The van der Waals surface area contributed by atoms with Gasteiger partial charge in [0, 0.05) is 11.2 Å². The number of carboxylic acids is 1. The third kappa shape index (κ3) is 14.5. The minimum absolute atomic E-state index is 0.813. The Labute approximate surface area is 93.6 Å². The van der Waals surface area contributed by atoms with E-state index in [1.807, 2.05) is 0 Å². The summed E-state index contributed by atoms with van der Waals surface area (Å²) in [5.74, 6) is -1.94. The Morgan fingerprint density at radius 2 is 1.71 bits per heavy atom. The highest BCUT2D eigenvalue weighted by Crippen LogP contribution is 2.13. The van der Waals surface area contributed by atoms with Gasteiger partial charge in [-0.3, -0.25) is 0 Å². The Hall–Kier alpha value is 0.0300. The van der Waals surface area contributed by atoms with E-state index < -0.39 is 12.1 Å². The summed E-state index contributed by atoms with van der Waals surface area (Å²) in [6.07, 6.45) is -1.41. The van der Waals surface area contributed by atoms with Gasteiger partial charge in [0.1, 0.15) is 0 Å². The molecule has 86 valence electrons. The Balaban J connectivity index is 0. The molecule has 0 bridgehead atoms. The molecule has 0 aromatic carbocycles. The molecule has 0 unspecified atom stereocenters. The van der Waals surface area contributed by atoms with E-state index in [9.17, 15) is 13.2 Å². The van der Waals surface area contributed by atoms with Crippen molar-refractivity contribution in [3.8, 4) is 0 Å². The van der Waals surface area contributed by atoms with Crippen LogP contribution in [0.25, 0.3) is 0 Å². The van der Waals surface area contributed by atoms with E-state index in [0.29, 0.717) is 0 Å². The van der Waals surface area contributed by atoms with Gasteiger partial charge in [-0.2, -0.15) is 13.2 Å². The number of rotatable bonds is 4. The van der Waals surface area contributed by atoms with Crippen LogP contribution < -0.4 is 0 Å². The summed E-state index contributed by atoms with van der Waals surface area (Å²) < 4.78 is 31.7. The molecule has 0 aromatic rings. The number of carbonyl (C=O) groups is 1. The Morgan fingerprint density at radius 3 is 1.93 bits per heavy atom. The zero-order valence-electron chi connectivity index (χ0n) is 7.28. The normalized spacial score (nSPS) is 10.4. The summed E-state index contributed by atoms with van der Waals surface area (Å²) in [6.45, 7) is 0. The van der Waals surface area contributed by atoms with Gasteiger partial charge in [-0.25, -0.2) is 4.79 Å². The number of hydrogen-bond acceptors (Lipinski definition) is 1. The molecule has 0 aromatic heterocycles. The van der Waals surface area contributed by atoms with Gasteiger partial charge in [-0.1, -0.05) is 22.4 Å². The van der Waals surface area contributed by atoms with Crippen molar-refractivity contribution < 1.29 is 23.1 Å². The molecule has 0 saturated heterocycles. The zero-order valence-corrected chi connectivity index (χ0v) is 9.62. The van der Waals surface area contributed by atoms with Gasteiger partial charge in [0.05, 0.1) is 0 Å². The second-order valence-electron chi connectivity index (χ2n) is 2.24. The lowest BCUT2D eigenvalue weighted by Gasteiger charge is -1.93. The predicted molar refractivity (Wildman–Crippen MR) is 52.1 cm³/mol. The maximum absolute atomic E-state index is 10.6. The van der Waals surface area contributed by atoms with Crippen molar-refractivity contribution in [1.82, 2.24) is 0 Å². The van der Waals surface area contributed by atoms with Gasteiger partial charge in [-0.05, 0) is 12.8 Å². The fourth-order valence-electron chi connectivity index (χ4n) is 0.366. The van der Waals surface area contributed by atoms with Crippen LogP contribution in [0.3, 0.4) is 0 Å². The van der Waals surface area contributed by atoms with Crippen LogP contribution >= 0.6 is 27.5 Å². The highest BCUT2D eigenvalue weighted by atomic mass is 79.9. The molecule has 0 aliphatic carbocycles. The van der Waals surface area contributed by atoms with E-state index in [1.165, 1.54) is 12.8 Å². The average Bonchev–Trinajstić information content (AvgIpc) is 2.05. The van der Waals surface area contributed by atoms with Gasteiger partial charge in [0.2, 0.25) is 0 Å². The van der Waals surface area contributed by atoms with E-state index in [0.717, 1.165) is 17.6 Å². The van der Waals surface area contributed by atoms with Crippen LogP contribution in [-0.2, 0) is 4.79 Å². The fourth-order valence-corrected chi connectivity index (χ4v) is 0.951. The van der Waals surface area contributed by atoms with Gasteiger partial charge < -0.3 is 5.11 Å². The van der Waals surface area contributed by atoms with Crippen LogP contribution in [0.2, 0.25) is 0 Å². The first-order valence-electron chi connectivity index (χ1n) is 3.78. The van der Waals surface area contributed by atoms with Crippen molar-refractivity contribution in [3.05, 3.63) is 0 Å². The number of hydrogen-bond donors (Lipinski definition) is 1. The molecule has 7 heteroatoms. The van der Waals surface area contributed by atoms with E-state index >= 15 is 0 Å². The minimum Gasteiger partial charge on any atom is -0.475 e. The molecule has 1 N–H and O–H groups in total. The van der Waals surface area contributed by atoms with Crippen LogP contribution in [0.4, 0.5) is 13.2 Å². The molecule has 0 saturated carbocycles. The third-order valence-electron chi connectivity index (χ3n) is 1.01. The van der Waals surface area contributed by atoms with Crippen LogP contribution in [0.15, 0.2) is 0 Å². The molecule has 0 atom stereocenters. The first-order chi connectivity index (χ1) is 6.36. The lowest BCUT2D eigenvalue weighted by atomic mass is 10.3. The van der Waals surface area contributed by atoms with Gasteiger partial charge in [-0.15, -0.1) is 11.6 Å². The van der Waals surface area contributed by atoms with Crippen molar-refractivity contribution in [3.63, 3.8) is 0 Å². The summed E-state index contributed by atoms with van der Waals surface area (Å²) in [6, 6.07) is 0. The van der Waals surface area contributed by atoms with Crippen LogP contribution in [-0.4, -0.2) is 28.5 Å². The highest BCUT2D eigenvalue weighted by molar-refractivity contribution is 9.09. The second kappa shape index (κ2) is 9.58. The highest BCUT2D eigenvalue weighted by Gasteiger charge is 2.38. The zero-order chi connectivity index (χ0) is 11.6. The van der Waals surface area contributed by atoms with E-state index in [-0.39, 0.29) is 0 Å². The lowest BCUT2D eigenvalue weighted by Crippen LogP contribution is -2.21. The molecular formula is C7H11BrClF3O2. The fraction of sp³-hybridized carbons (Fsp3) is 0.857. The molecule has 0 radical (unpaired) electrons. The maximum Gasteiger partial charge on any atom is 0.490 e. The number of unbranched alkanes of at least 4 members (excludes halogenated alkanes) is 2. The summed E-state index contributed by atoms with van der Waals surface area (Å²) in [4.78, 5) is 8.90.